The lowest BCUT2D eigenvalue weighted by atomic mass is 9.87. The van der Waals surface area contributed by atoms with Gasteiger partial charge in [0.25, 0.3) is 0 Å². The summed E-state index contributed by atoms with van der Waals surface area (Å²) in [5, 5.41) is 0. The van der Waals surface area contributed by atoms with Crippen LogP contribution in [0.1, 0.15) is 90.2 Å². The first-order valence-corrected chi connectivity index (χ1v) is 10.4. The highest BCUT2D eigenvalue weighted by Crippen LogP contribution is 2.29. The van der Waals surface area contributed by atoms with Crippen molar-refractivity contribution >= 4 is 17.0 Å². The summed E-state index contributed by atoms with van der Waals surface area (Å²) in [6.07, 6.45) is 1.74. The van der Waals surface area contributed by atoms with E-state index in [2.05, 4.69) is 25.5 Å². The summed E-state index contributed by atoms with van der Waals surface area (Å²) in [6.45, 7) is 16.2. The van der Waals surface area contributed by atoms with Crippen molar-refractivity contribution in [1.82, 2.24) is 4.72 Å². The second kappa shape index (κ2) is 9.14. The first-order valence-electron chi connectivity index (χ1n) is 9.28. The van der Waals surface area contributed by atoms with Crippen LogP contribution in [0.5, 0.6) is 0 Å². The van der Waals surface area contributed by atoms with E-state index >= 15 is 0 Å². The van der Waals surface area contributed by atoms with Crippen LogP contribution in [0.3, 0.4) is 0 Å². The molecular formula is C21H35NO3S. The van der Waals surface area contributed by atoms with E-state index < -0.39 is 11.0 Å². The van der Waals surface area contributed by atoms with Crippen LogP contribution < -0.4 is 4.72 Å². The Morgan fingerprint density at radius 3 is 2.04 bits per heavy atom. The van der Waals surface area contributed by atoms with Gasteiger partial charge in [0.1, 0.15) is 0 Å². The summed E-state index contributed by atoms with van der Waals surface area (Å²) in [5.74, 6) is -0.316. The third-order valence-corrected chi connectivity index (χ3v) is 5.49. The summed E-state index contributed by atoms with van der Waals surface area (Å²) in [4.78, 5) is 12.0. The number of rotatable bonds is 7. The molecule has 5 heteroatoms. The van der Waals surface area contributed by atoms with Gasteiger partial charge in [0.05, 0.1) is 27.4 Å². The number of hydrogen-bond donors (Lipinski definition) is 1. The molecule has 148 valence electrons. The smallest absolute Gasteiger partial charge is 0.338 e. The number of nitrogens with one attached hydrogen (secondary N) is 1. The van der Waals surface area contributed by atoms with Crippen molar-refractivity contribution in [3.05, 3.63) is 35.4 Å². The van der Waals surface area contributed by atoms with Crippen molar-refractivity contribution in [3.8, 4) is 0 Å². The van der Waals surface area contributed by atoms with E-state index in [1.807, 2.05) is 46.8 Å². The Morgan fingerprint density at radius 1 is 1.08 bits per heavy atom. The van der Waals surface area contributed by atoms with E-state index in [0.29, 0.717) is 5.56 Å². The van der Waals surface area contributed by atoms with E-state index in [4.69, 9.17) is 4.74 Å². The molecule has 4 nitrogen and oxygen atoms in total. The van der Waals surface area contributed by atoms with Crippen LogP contribution in [0.4, 0.5) is 0 Å². The Labute approximate surface area is 161 Å². The van der Waals surface area contributed by atoms with Gasteiger partial charge in [0.15, 0.2) is 0 Å². The molecule has 1 aromatic carbocycles. The van der Waals surface area contributed by atoms with E-state index in [-0.39, 0.29) is 28.3 Å². The summed E-state index contributed by atoms with van der Waals surface area (Å²) in [7, 11) is -1.16. The zero-order valence-electron chi connectivity index (χ0n) is 17.5. The number of carbonyl (C=O) groups excluding carboxylic acids is 1. The second-order valence-electron chi connectivity index (χ2n) is 9.23. The third-order valence-electron chi connectivity index (χ3n) is 3.88. The molecule has 0 bridgehead atoms. The highest BCUT2D eigenvalue weighted by Gasteiger charge is 2.25. The lowest BCUT2D eigenvalue weighted by molar-refractivity contribution is 0.0378. The Balaban J connectivity index is 2.98. The van der Waals surface area contributed by atoms with Crippen LogP contribution in [-0.4, -0.2) is 21.0 Å². The predicted octanol–water partition coefficient (Wildman–Crippen LogP) is 5.17. The lowest BCUT2D eigenvalue weighted by Gasteiger charge is -2.27. The normalized spacial score (nSPS) is 15.0. The van der Waals surface area contributed by atoms with Gasteiger partial charge < -0.3 is 4.74 Å². The van der Waals surface area contributed by atoms with Crippen LogP contribution in [-0.2, 0) is 15.7 Å². The van der Waals surface area contributed by atoms with Crippen LogP contribution in [0.2, 0.25) is 0 Å². The molecule has 1 rings (SSSR count). The molecule has 0 heterocycles. The second-order valence-corrected chi connectivity index (χ2v) is 11.2. The van der Waals surface area contributed by atoms with Crippen molar-refractivity contribution < 1.29 is 13.7 Å². The van der Waals surface area contributed by atoms with Crippen molar-refractivity contribution in [2.24, 2.45) is 5.41 Å². The summed E-state index contributed by atoms with van der Waals surface area (Å²) in [6, 6.07) is 7.40. The van der Waals surface area contributed by atoms with Crippen molar-refractivity contribution in [2.75, 3.05) is 0 Å². The molecule has 0 amide bonds. The number of benzene rings is 1. The van der Waals surface area contributed by atoms with Gasteiger partial charge in [0, 0.05) is 6.04 Å². The molecule has 2 atom stereocenters. The highest BCUT2D eigenvalue weighted by atomic mass is 32.2. The molecule has 0 unspecified atom stereocenters. The van der Waals surface area contributed by atoms with Crippen LogP contribution >= 0.6 is 0 Å². The fourth-order valence-electron chi connectivity index (χ4n) is 2.31. The summed E-state index contributed by atoms with van der Waals surface area (Å²) in [5.41, 5.74) is 1.77. The van der Waals surface area contributed by atoms with E-state index in [1.165, 1.54) is 0 Å². The van der Waals surface area contributed by atoms with E-state index in [1.54, 1.807) is 12.1 Å². The number of esters is 1. The molecule has 26 heavy (non-hydrogen) atoms. The molecule has 0 saturated heterocycles. The van der Waals surface area contributed by atoms with Gasteiger partial charge in [-0.3, -0.25) is 0 Å². The van der Waals surface area contributed by atoms with Gasteiger partial charge in [-0.25, -0.2) is 13.7 Å². The molecule has 1 aromatic rings. The molecular weight excluding hydrogens is 346 g/mol. The topological polar surface area (TPSA) is 55.4 Å². The average Bonchev–Trinajstić information content (AvgIpc) is 2.48. The average molecular weight is 382 g/mol. The number of ether oxygens (including phenoxy) is 1. The number of carbonyl (C=O) groups is 1. The Bertz CT molecular complexity index is 610. The first kappa shape index (κ1) is 22.8. The molecule has 0 saturated carbocycles. The third kappa shape index (κ3) is 8.00. The minimum Gasteiger partial charge on any atom is -0.459 e. The monoisotopic (exact) mass is 381 g/mol. The maximum atomic E-state index is 12.6. The maximum Gasteiger partial charge on any atom is 0.338 e. The van der Waals surface area contributed by atoms with E-state index in [0.717, 1.165) is 18.4 Å². The standard InChI is InChI=1S/C21H35NO3S/c1-15(2)25-19(23)17-11-9-16(10-12-17)18(13-14-20(3,4)5)22-26(24)21(6,7)8/h9-12,15,18,22H,13-14H2,1-8H3/t18-,26+/m1/s1. The molecule has 0 aliphatic heterocycles. The molecule has 1 N–H and O–H groups in total. The molecule has 0 aromatic heterocycles. The quantitative estimate of drug-likeness (QED) is 0.663. The SMILES string of the molecule is CC(C)OC(=O)c1ccc([C@@H](CCC(C)(C)C)N[S@@](=O)C(C)(C)C)cc1. The largest absolute Gasteiger partial charge is 0.459 e. The van der Waals surface area contributed by atoms with Crippen molar-refractivity contribution in [3.63, 3.8) is 0 Å². The molecule has 0 aliphatic rings. The molecule has 0 spiro atoms. The van der Waals surface area contributed by atoms with Gasteiger partial charge in [-0.15, -0.1) is 0 Å². The minimum absolute atomic E-state index is 0.0237. The highest BCUT2D eigenvalue weighted by molar-refractivity contribution is 7.84. The summed E-state index contributed by atoms with van der Waals surface area (Å²) >= 11 is 0. The summed E-state index contributed by atoms with van der Waals surface area (Å²) < 4.78 is 20.8. The lowest BCUT2D eigenvalue weighted by Crippen LogP contribution is -2.36. The fourth-order valence-corrected chi connectivity index (χ4v) is 3.18. The molecule has 0 radical (unpaired) electrons. The van der Waals surface area contributed by atoms with Gasteiger partial charge >= 0.3 is 5.97 Å². The van der Waals surface area contributed by atoms with Gasteiger partial charge in [-0.2, -0.15) is 0 Å². The number of hydrogen-bond acceptors (Lipinski definition) is 3. The van der Waals surface area contributed by atoms with Crippen molar-refractivity contribution in [1.29, 1.82) is 0 Å². The molecule has 0 fully saturated rings. The first-order chi connectivity index (χ1) is 11.8. The molecule has 0 aliphatic carbocycles. The zero-order valence-corrected chi connectivity index (χ0v) is 18.3. The Kier molecular flexibility index (Phi) is 8.03. The van der Waals surface area contributed by atoms with Gasteiger partial charge in [-0.05, 0) is 70.6 Å². The van der Waals surface area contributed by atoms with Gasteiger partial charge in [-0.1, -0.05) is 32.9 Å². The zero-order chi connectivity index (χ0) is 20.1. The van der Waals surface area contributed by atoms with E-state index in [9.17, 15) is 9.00 Å². The minimum atomic E-state index is -1.16. The predicted molar refractivity (Wildman–Crippen MR) is 109 cm³/mol. The van der Waals surface area contributed by atoms with Crippen LogP contribution in [0, 0.1) is 5.41 Å². The Hall–Kier alpha value is -1.20. The van der Waals surface area contributed by atoms with Crippen molar-refractivity contribution in [2.45, 2.75) is 85.1 Å². The van der Waals surface area contributed by atoms with Gasteiger partial charge in [0.2, 0.25) is 0 Å². The fraction of sp³-hybridized carbons (Fsp3) is 0.667. The van der Waals surface area contributed by atoms with Crippen LogP contribution in [0.15, 0.2) is 24.3 Å². The Morgan fingerprint density at radius 2 is 1.62 bits per heavy atom. The van der Waals surface area contributed by atoms with Crippen LogP contribution in [0.25, 0.3) is 0 Å². The maximum absolute atomic E-state index is 12.6.